The number of aromatic nitrogens is 2. The van der Waals surface area contributed by atoms with Gasteiger partial charge in [0.2, 0.25) is 0 Å². The van der Waals surface area contributed by atoms with Gasteiger partial charge in [0, 0.05) is 29.0 Å². The third-order valence-corrected chi connectivity index (χ3v) is 5.86. The molecule has 4 rings (SSSR count). The van der Waals surface area contributed by atoms with Gasteiger partial charge in [0.05, 0.1) is 8.95 Å². The molecule has 0 saturated carbocycles. The zero-order valence-corrected chi connectivity index (χ0v) is 19.5. The van der Waals surface area contributed by atoms with E-state index in [1.807, 2.05) is 24.4 Å². The maximum absolute atomic E-state index is 12.4. The SMILES string of the molecule is CC(C)c1c[nH]c2ccc(Oc3c(Br)cc(NC(=O)c4ccccn4)cc3Br)cc12. The molecular weight excluding hydrogens is 510 g/mol. The normalized spacial score (nSPS) is 11.1. The molecule has 4 aromatic rings. The van der Waals surface area contributed by atoms with Gasteiger partial charge in [-0.15, -0.1) is 0 Å². The molecule has 0 radical (unpaired) electrons. The molecular formula is C23H19Br2N3O2. The van der Waals surface area contributed by atoms with E-state index < -0.39 is 0 Å². The van der Waals surface area contributed by atoms with E-state index in [4.69, 9.17) is 4.74 Å². The molecule has 5 nitrogen and oxygen atoms in total. The third-order valence-electron chi connectivity index (χ3n) is 4.68. The highest BCUT2D eigenvalue weighted by atomic mass is 79.9. The third kappa shape index (κ3) is 4.27. The molecule has 0 unspecified atom stereocenters. The standard InChI is InChI=1S/C23H19Br2N3O2/c1-13(2)17-12-27-20-7-6-15(11-16(17)20)30-22-18(24)9-14(10-19(22)25)28-23(29)21-5-3-4-8-26-21/h3-13,27H,1-2H3,(H,28,29). The molecule has 2 N–H and O–H groups in total. The fraction of sp³-hybridized carbons (Fsp3) is 0.130. The molecule has 0 saturated heterocycles. The molecule has 2 aromatic heterocycles. The van der Waals surface area contributed by atoms with Crippen LogP contribution in [-0.2, 0) is 0 Å². The van der Waals surface area contributed by atoms with Crippen molar-refractivity contribution in [2.45, 2.75) is 19.8 Å². The van der Waals surface area contributed by atoms with Crippen LogP contribution < -0.4 is 10.1 Å². The van der Waals surface area contributed by atoms with Crippen molar-refractivity contribution in [3.63, 3.8) is 0 Å². The minimum absolute atomic E-state index is 0.276. The first-order valence-electron chi connectivity index (χ1n) is 9.42. The van der Waals surface area contributed by atoms with Gasteiger partial charge in [-0.1, -0.05) is 19.9 Å². The van der Waals surface area contributed by atoms with E-state index in [0.29, 0.717) is 32.0 Å². The molecule has 7 heteroatoms. The Morgan fingerprint density at radius 3 is 2.53 bits per heavy atom. The Bertz CT molecular complexity index is 1200. The summed E-state index contributed by atoms with van der Waals surface area (Å²) in [7, 11) is 0. The number of carbonyl (C=O) groups is 1. The fourth-order valence-corrected chi connectivity index (χ4v) is 4.55. The maximum atomic E-state index is 12.4. The summed E-state index contributed by atoms with van der Waals surface area (Å²) in [5, 5.41) is 4.00. The number of nitrogens with one attached hydrogen (secondary N) is 2. The molecule has 2 heterocycles. The van der Waals surface area contributed by atoms with Crippen molar-refractivity contribution in [1.29, 1.82) is 0 Å². The highest BCUT2D eigenvalue weighted by molar-refractivity contribution is 9.11. The first kappa shape index (κ1) is 20.6. The number of fused-ring (bicyclic) bond motifs is 1. The van der Waals surface area contributed by atoms with Crippen LogP contribution in [0, 0.1) is 0 Å². The second-order valence-electron chi connectivity index (χ2n) is 7.15. The van der Waals surface area contributed by atoms with Gasteiger partial charge in [-0.2, -0.15) is 0 Å². The van der Waals surface area contributed by atoms with Crippen LogP contribution in [0.25, 0.3) is 10.9 Å². The van der Waals surface area contributed by atoms with Crippen molar-refractivity contribution in [2.24, 2.45) is 0 Å². The summed E-state index contributed by atoms with van der Waals surface area (Å²) in [5.74, 6) is 1.50. The highest BCUT2D eigenvalue weighted by Crippen LogP contribution is 2.40. The lowest BCUT2D eigenvalue weighted by molar-refractivity contribution is 0.102. The van der Waals surface area contributed by atoms with Gasteiger partial charge in [-0.3, -0.25) is 9.78 Å². The van der Waals surface area contributed by atoms with Gasteiger partial charge in [-0.25, -0.2) is 0 Å². The fourth-order valence-electron chi connectivity index (χ4n) is 3.20. The van der Waals surface area contributed by atoms with Gasteiger partial charge < -0.3 is 15.0 Å². The quantitative estimate of drug-likeness (QED) is 0.286. The van der Waals surface area contributed by atoms with E-state index in [-0.39, 0.29) is 5.91 Å². The lowest BCUT2D eigenvalue weighted by Crippen LogP contribution is -2.13. The second-order valence-corrected chi connectivity index (χ2v) is 8.85. The predicted molar refractivity (Wildman–Crippen MR) is 126 cm³/mol. The topological polar surface area (TPSA) is 67.0 Å². The Balaban J connectivity index is 1.59. The molecule has 1 amide bonds. The van der Waals surface area contributed by atoms with Crippen molar-refractivity contribution < 1.29 is 9.53 Å². The van der Waals surface area contributed by atoms with Crippen LogP contribution in [0.1, 0.15) is 35.8 Å². The lowest BCUT2D eigenvalue weighted by atomic mass is 10.0. The second kappa shape index (κ2) is 8.62. The Hall–Kier alpha value is -2.64. The lowest BCUT2D eigenvalue weighted by Gasteiger charge is -2.13. The molecule has 0 bridgehead atoms. The molecule has 0 spiro atoms. The van der Waals surface area contributed by atoms with Crippen molar-refractivity contribution in [2.75, 3.05) is 5.32 Å². The van der Waals surface area contributed by atoms with Gasteiger partial charge >= 0.3 is 0 Å². The van der Waals surface area contributed by atoms with E-state index in [2.05, 4.69) is 61.0 Å². The van der Waals surface area contributed by atoms with Gasteiger partial charge in [0.15, 0.2) is 5.75 Å². The number of carbonyl (C=O) groups excluding carboxylic acids is 1. The minimum Gasteiger partial charge on any atom is -0.455 e. The van der Waals surface area contributed by atoms with Crippen molar-refractivity contribution >= 4 is 54.4 Å². The number of halogens is 2. The van der Waals surface area contributed by atoms with E-state index in [1.165, 1.54) is 5.56 Å². The van der Waals surface area contributed by atoms with E-state index in [9.17, 15) is 4.79 Å². The van der Waals surface area contributed by atoms with Crippen LogP contribution in [0.5, 0.6) is 11.5 Å². The number of H-pyrrole nitrogens is 1. The van der Waals surface area contributed by atoms with Crippen LogP contribution in [0.4, 0.5) is 5.69 Å². The van der Waals surface area contributed by atoms with Crippen molar-refractivity contribution in [3.8, 4) is 11.5 Å². The Morgan fingerprint density at radius 1 is 1.10 bits per heavy atom. The number of amides is 1. The Kier molecular flexibility index (Phi) is 5.92. The van der Waals surface area contributed by atoms with E-state index in [1.54, 1.807) is 36.5 Å². The Morgan fingerprint density at radius 2 is 1.87 bits per heavy atom. The summed E-state index contributed by atoms with van der Waals surface area (Å²) in [6.45, 7) is 4.34. The molecule has 0 atom stereocenters. The largest absolute Gasteiger partial charge is 0.455 e. The highest BCUT2D eigenvalue weighted by Gasteiger charge is 2.14. The number of anilines is 1. The number of rotatable bonds is 5. The average molecular weight is 529 g/mol. The van der Waals surface area contributed by atoms with Crippen LogP contribution in [0.2, 0.25) is 0 Å². The van der Waals surface area contributed by atoms with E-state index in [0.717, 1.165) is 16.7 Å². The van der Waals surface area contributed by atoms with Crippen molar-refractivity contribution in [3.05, 3.63) is 81.1 Å². The van der Waals surface area contributed by atoms with Crippen LogP contribution in [0.15, 0.2) is 69.9 Å². The zero-order valence-electron chi connectivity index (χ0n) is 16.4. The van der Waals surface area contributed by atoms with Crippen LogP contribution >= 0.6 is 31.9 Å². The smallest absolute Gasteiger partial charge is 0.274 e. The summed E-state index contributed by atoms with van der Waals surface area (Å²) in [6.07, 6.45) is 3.63. The van der Waals surface area contributed by atoms with Gasteiger partial charge in [0.25, 0.3) is 5.91 Å². The number of nitrogens with zero attached hydrogens (tertiary/aromatic N) is 1. The summed E-state index contributed by atoms with van der Waals surface area (Å²) >= 11 is 7.11. The summed E-state index contributed by atoms with van der Waals surface area (Å²) in [5.41, 5.74) is 3.31. The first-order valence-corrected chi connectivity index (χ1v) is 11.0. The number of hydrogen-bond donors (Lipinski definition) is 2. The van der Waals surface area contributed by atoms with Gasteiger partial charge in [-0.05, 0) is 85.8 Å². The summed E-state index contributed by atoms with van der Waals surface area (Å²) < 4.78 is 7.59. The first-order chi connectivity index (χ1) is 14.4. The molecule has 2 aromatic carbocycles. The number of benzene rings is 2. The van der Waals surface area contributed by atoms with Crippen molar-refractivity contribution in [1.82, 2.24) is 9.97 Å². The average Bonchev–Trinajstić information content (AvgIpc) is 3.15. The molecule has 30 heavy (non-hydrogen) atoms. The maximum Gasteiger partial charge on any atom is 0.274 e. The van der Waals surface area contributed by atoms with Gasteiger partial charge in [0.1, 0.15) is 11.4 Å². The molecule has 0 aliphatic rings. The molecule has 0 aliphatic heterocycles. The summed E-state index contributed by atoms with van der Waals surface area (Å²) in [4.78, 5) is 19.7. The van der Waals surface area contributed by atoms with Crippen LogP contribution in [0.3, 0.4) is 0 Å². The number of ether oxygens (including phenoxy) is 1. The molecule has 0 fully saturated rings. The number of aromatic amines is 1. The zero-order chi connectivity index (χ0) is 21.3. The monoisotopic (exact) mass is 527 g/mol. The number of hydrogen-bond acceptors (Lipinski definition) is 3. The minimum atomic E-state index is -0.276. The molecule has 0 aliphatic carbocycles. The van der Waals surface area contributed by atoms with E-state index >= 15 is 0 Å². The Labute approximate surface area is 191 Å². The van der Waals surface area contributed by atoms with Crippen LogP contribution in [-0.4, -0.2) is 15.9 Å². The molecule has 152 valence electrons. The summed E-state index contributed by atoms with van der Waals surface area (Å²) in [6, 6.07) is 14.8. The number of pyridine rings is 1. The predicted octanol–water partition coefficient (Wildman–Crippen LogP) is 7.26.